The number of hydrogen-bond acceptors (Lipinski definition) is 4. The molecule has 0 aliphatic heterocycles. The fraction of sp³-hybridized carbons (Fsp3) is 1.00. The molecule has 3 fully saturated rings. The van der Waals surface area contributed by atoms with Crippen molar-refractivity contribution < 1.29 is 20.4 Å². The predicted octanol–water partition coefficient (Wildman–Crippen LogP) is 2.93. The average Bonchev–Trinajstić information content (AvgIpc) is 3.39. The van der Waals surface area contributed by atoms with Crippen LogP contribution in [0.2, 0.25) is 0 Å². The van der Waals surface area contributed by atoms with Gasteiger partial charge >= 0.3 is 0 Å². The Bertz CT molecular complexity index is 416. The van der Waals surface area contributed by atoms with Crippen molar-refractivity contribution in [1.29, 1.82) is 0 Å². The van der Waals surface area contributed by atoms with Gasteiger partial charge in [-0.15, -0.1) is 0 Å². The Kier molecular flexibility index (Phi) is 7.63. The van der Waals surface area contributed by atoms with Crippen molar-refractivity contribution in [2.75, 3.05) is 26.4 Å². The van der Waals surface area contributed by atoms with Gasteiger partial charge in [-0.05, 0) is 91.3 Å². The van der Waals surface area contributed by atoms with E-state index in [4.69, 9.17) is 0 Å². The summed E-state index contributed by atoms with van der Waals surface area (Å²) in [7, 11) is 0. The van der Waals surface area contributed by atoms with E-state index in [-0.39, 0.29) is 26.4 Å². The number of rotatable bonds is 8. The molecule has 4 heteroatoms. The van der Waals surface area contributed by atoms with Crippen LogP contribution in [-0.4, -0.2) is 46.9 Å². The van der Waals surface area contributed by atoms with Gasteiger partial charge in [-0.1, -0.05) is 26.7 Å². The molecule has 3 saturated carbocycles. The molecular weight excluding hydrogens is 340 g/mol. The molecule has 0 radical (unpaired) electrons. The van der Waals surface area contributed by atoms with Crippen molar-refractivity contribution in [2.24, 2.45) is 59.2 Å². The standard InChI is InChI=1S/C23H42O4/c1-3-20-16(10-24)8-18(12-26)22(20)14-5-6-15(7-14)23-19(13-27)9-17(11-25)21(23)4-2/h14-27H,3-13H2,1-2H3/t14?,15?,16?,17?,18?,19?,20?,21?,22-,23+. The molecule has 4 N–H and O–H groups in total. The topological polar surface area (TPSA) is 80.9 Å². The van der Waals surface area contributed by atoms with Gasteiger partial charge in [0.15, 0.2) is 0 Å². The van der Waals surface area contributed by atoms with Crippen LogP contribution in [0.5, 0.6) is 0 Å². The van der Waals surface area contributed by atoms with Crippen molar-refractivity contribution in [3.63, 3.8) is 0 Å². The summed E-state index contributed by atoms with van der Waals surface area (Å²) in [6.45, 7) is 5.51. The van der Waals surface area contributed by atoms with Crippen LogP contribution in [-0.2, 0) is 0 Å². The molecule has 8 unspecified atom stereocenters. The second-order valence-electron chi connectivity index (χ2n) is 9.87. The van der Waals surface area contributed by atoms with Crippen LogP contribution in [0.25, 0.3) is 0 Å². The second-order valence-corrected chi connectivity index (χ2v) is 9.87. The molecule has 0 aromatic heterocycles. The highest BCUT2D eigenvalue weighted by molar-refractivity contribution is 5.00. The molecule has 10 atom stereocenters. The van der Waals surface area contributed by atoms with Crippen molar-refractivity contribution in [3.05, 3.63) is 0 Å². The third-order valence-corrected chi connectivity index (χ3v) is 8.98. The molecule has 0 heterocycles. The van der Waals surface area contributed by atoms with Crippen LogP contribution < -0.4 is 0 Å². The van der Waals surface area contributed by atoms with E-state index in [1.807, 2.05) is 0 Å². The van der Waals surface area contributed by atoms with Crippen LogP contribution in [0.4, 0.5) is 0 Å². The van der Waals surface area contributed by atoms with Gasteiger partial charge in [-0.2, -0.15) is 0 Å². The minimum atomic E-state index is 0.256. The first-order valence-electron chi connectivity index (χ1n) is 11.6. The molecule has 0 aromatic carbocycles. The first-order valence-corrected chi connectivity index (χ1v) is 11.6. The maximum Gasteiger partial charge on any atom is 0.0462 e. The first kappa shape index (κ1) is 21.5. The lowest BCUT2D eigenvalue weighted by Crippen LogP contribution is -2.29. The minimum Gasteiger partial charge on any atom is -0.396 e. The molecule has 0 amide bonds. The van der Waals surface area contributed by atoms with Gasteiger partial charge in [-0.25, -0.2) is 0 Å². The molecular formula is C23H42O4. The Morgan fingerprint density at radius 3 is 1.22 bits per heavy atom. The molecule has 3 aliphatic carbocycles. The molecule has 3 aliphatic rings. The van der Waals surface area contributed by atoms with Gasteiger partial charge in [-0.3, -0.25) is 0 Å². The smallest absolute Gasteiger partial charge is 0.0462 e. The summed E-state index contributed by atoms with van der Waals surface area (Å²) in [5, 5.41) is 39.6. The second kappa shape index (κ2) is 9.56. The highest BCUT2D eigenvalue weighted by atomic mass is 16.3. The van der Waals surface area contributed by atoms with E-state index in [9.17, 15) is 20.4 Å². The van der Waals surface area contributed by atoms with Crippen molar-refractivity contribution >= 4 is 0 Å². The lowest BCUT2D eigenvalue weighted by molar-refractivity contribution is 0.101. The van der Waals surface area contributed by atoms with Gasteiger partial charge in [0.2, 0.25) is 0 Å². The predicted molar refractivity (Wildman–Crippen MR) is 107 cm³/mol. The van der Waals surface area contributed by atoms with Crippen molar-refractivity contribution in [2.45, 2.75) is 58.8 Å². The Hall–Kier alpha value is -0.160. The monoisotopic (exact) mass is 382 g/mol. The third kappa shape index (κ3) is 3.97. The van der Waals surface area contributed by atoms with Gasteiger partial charge in [0.25, 0.3) is 0 Å². The van der Waals surface area contributed by atoms with E-state index in [0.29, 0.717) is 59.2 Å². The first-order chi connectivity index (χ1) is 13.1. The number of aliphatic hydroxyl groups is 4. The summed E-state index contributed by atoms with van der Waals surface area (Å²) < 4.78 is 0. The Morgan fingerprint density at radius 1 is 0.556 bits per heavy atom. The van der Waals surface area contributed by atoms with Crippen molar-refractivity contribution in [3.8, 4) is 0 Å². The van der Waals surface area contributed by atoms with Crippen LogP contribution in [0, 0.1) is 59.2 Å². The van der Waals surface area contributed by atoms with Crippen LogP contribution >= 0.6 is 0 Å². The highest BCUT2D eigenvalue weighted by Crippen LogP contribution is 2.56. The summed E-state index contributed by atoms with van der Waals surface area (Å²) in [6, 6.07) is 0. The van der Waals surface area contributed by atoms with Gasteiger partial charge in [0, 0.05) is 26.4 Å². The maximum absolute atomic E-state index is 9.99. The van der Waals surface area contributed by atoms with Crippen LogP contribution in [0.3, 0.4) is 0 Å². The largest absolute Gasteiger partial charge is 0.396 e. The van der Waals surface area contributed by atoms with Crippen LogP contribution in [0.1, 0.15) is 58.8 Å². The van der Waals surface area contributed by atoms with Gasteiger partial charge in [0.1, 0.15) is 0 Å². The summed E-state index contributed by atoms with van der Waals surface area (Å²) in [5.41, 5.74) is 0. The molecule has 3 rings (SSSR count). The number of aliphatic hydroxyl groups excluding tert-OH is 4. The molecule has 158 valence electrons. The van der Waals surface area contributed by atoms with E-state index in [2.05, 4.69) is 13.8 Å². The minimum absolute atomic E-state index is 0.256. The van der Waals surface area contributed by atoms with E-state index >= 15 is 0 Å². The molecule has 4 nitrogen and oxygen atoms in total. The average molecular weight is 383 g/mol. The van der Waals surface area contributed by atoms with E-state index in [0.717, 1.165) is 25.7 Å². The Morgan fingerprint density at radius 2 is 0.926 bits per heavy atom. The lowest BCUT2D eigenvalue weighted by atomic mass is 9.72. The normalized spacial score (nSPS) is 47.8. The Labute approximate surface area is 165 Å². The third-order valence-electron chi connectivity index (χ3n) is 8.98. The Balaban J connectivity index is 1.73. The fourth-order valence-corrected chi connectivity index (χ4v) is 8.01. The van der Waals surface area contributed by atoms with Crippen LogP contribution in [0.15, 0.2) is 0 Å². The summed E-state index contributed by atoms with van der Waals surface area (Å²) in [6.07, 6.45) is 7.83. The zero-order valence-electron chi connectivity index (χ0n) is 17.3. The SMILES string of the molecule is CCC1C(CO)CC(CO)[C@@H]1C1CCC([C@@H]2C(CO)CC(CO)C2CC)C1. The molecule has 27 heavy (non-hydrogen) atoms. The molecule has 0 saturated heterocycles. The van der Waals surface area contributed by atoms with Gasteiger partial charge in [0.05, 0.1) is 0 Å². The summed E-state index contributed by atoms with van der Waals surface area (Å²) in [4.78, 5) is 0. The molecule has 0 aromatic rings. The maximum atomic E-state index is 9.99. The van der Waals surface area contributed by atoms with Crippen molar-refractivity contribution in [1.82, 2.24) is 0 Å². The fourth-order valence-electron chi connectivity index (χ4n) is 8.01. The van der Waals surface area contributed by atoms with E-state index in [1.54, 1.807) is 0 Å². The highest BCUT2D eigenvalue weighted by Gasteiger charge is 2.51. The molecule has 0 spiro atoms. The zero-order valence-corrected chi connectivity index (χ0v) is 17.3. The molecule has 0 bridgehead atoms. The summed E-state index contributed by atoms with van der Waals surface area (Å²) in [5.74, 6) is 4.89. The van der Waals surface area contributed by atoms with E-state index < -0.39 is 0 Å². The quantitative estimate of drug-likeness (QED) is 0.520. The lowest BCUT2D eigenvalue weighted by Gasteiger charge is -2.33. The van der Waals surface area contributed by atoms with E-state index in [1.165, 1.54) is 19.3 Å². The number of hydrogen-bond donors (Lipinski definition) is 4. The summed E-state index contributed by atoms with van der Waals surface area (Å²) >= 11 is 0. The van der Waals surface area contributed by atoms with Gasteiger partial charge < -0.3 is 20.4 Å². The zero-order chi connectivity index (χ0) is 19.6.